The maximum absolute atomic E-state index is 10.1. The van der Waals surface area contributed by atoms with Crippen LogP contribution in [0.2, 0.25) is 0 Å². The van der Waals surface area contributed by atoms with E-state index in [0.717, 1.165) is 11.3 Å². The summed E-state index contributed by atoms with van der Waals surface area (Å²) in [6, 6.07) is 10.4. The smallest absolute Gasteiger partial charge is 0.118 e. The number of ether oxygens (including phenoxy) is 1. The molecule has 0 bridgehead atoms. The Morgan fingerprint density at radius 2 is 1.86 bits per heavy atom. The molecule has 3 unspecified atom stereocenters. The van der Waals surface area contributed by atoms with Crippen molar-refractivity contribution < 1.29 is 9.84 Å². The zero-order valence-electron chi connectivity index (χ0n) is 12.7. The summed E-state index contributed by atoms with van der Waals surface area (Å²) in [7, 11) is 1.68. The number of hydrogen-bond acceptors (Lipinski definition) is 4. The van der Waals surface area contributed by atoms with Crippen LogP contribution in [0.3, 0.4) is 0 Å². The molecule has 4 heteroatoms. The molecule has 0 spiro atoms. The quantitative estimate of drug-likeness (QED) is 0.821. The summed E-state index contributed by atoms with van der Waals surface area (Å²) in [6.45, 7) is 4.91. The van der Waals surface area contributed by atoms with Crippen LogP contribution in [0.5, 0.6) is 5.75 Å². The van der Waals surface area contributed by atoms with Crippen LogP contribution in [0.25, 0.3) is 0 Å². The number of benzene rings is 1. The minimum atomic E-state index is -0.443. The summed E-state index contributed by atoms with van der Waals surface area (Å²) in [5.41, 5.74) is 2.25. The molecular weight excluding hydrogens is 282 g/mol. The maximum atomic E-state index is 10.1. The third kappa shape index (κ3) is 4.30. The van der Waals surface area contributed by atoms with E-state index in [0.29, 0.717) is 12.5 Å². The topological polar surface area (TPSA) is 41.5 Å². The average Bonchev–Trinajstić information content (AvgIpc) is 3.06. The van der Waals surface area contributed by atoms with Crippen molar-refractivity contribution >= 4 is 11.3 Å². The second-order valence-corrected chi connectivity index (χ2v) is 6.11. The highest BCUT2D eigenvalue weighted by atomic mass is 32.1. The number of aliphatic hydroxyl groups is 1. The van der Waals surface area contributed by atoms with Crippen LogP contribution >= 0.6 is 11.3 Å². The lowest BCUT2D eigenvalue weighted by Crippen LogP contribution is -2.34. The molecule has 2 aromatic rings. The Kier molecular flexibility index (Phi) is 5.79. The molecule has 2 N–H and O–H groups in total. The molecule has 0 radical (unpaired) electrons. The van der Waals surface area contributed by atoms with Crippen LogP contribution in [0.15, 0.2) is 41.1 Å². The van der Waals surface area contributed by atoms with Gasteiger partial charge in [0, 0.05) is 12.6 Å². The van der Waals surface area contributed by atoms with Crippen molar-refractivity contribution in [2.75, 3.05) is 13.7 Å². The molecule has 0 aliphatic rings. The summed E-state index contributed by atoms with van der Waals surface area (Å²) >= 11 is 1.61. The van der Waals surface area contributed by atoms with E-state index in [1.165, 1.54) is 5.56 Å². The van der Waals surface area contributed by atoms with E-state index in [2.05, 4.69) is 31.3 Å². The molecule has 0 aliphatic heterocycles. The molecule has 0 saturated heterocycles. The van der Waals surface area contributed by atoms with Crippen molar-refractivity contribution in [2.24, 2.45) is 0 Å². The van der Waals surface area contributed by atoms with Gasteiger partial charge >= 0.3 is 0 Å². The Balaban J connectivity index is 1.88. The lowest BCUT2D eigenvalue weighted by molar-refractivity contribution is 0.169. The van der Waals surface area contributed by atoms with Gasteiger partial charge in [0.15, 0.2) is 0 Å². The molecule has 1 aromatic carbocycles. The van der Waals surface area contributed by atoms with Crippen LogP contribution in [-0.2, 0) is 0 Å². The van der Waals surface area contributed by atoms with E-state index in [-0.39, 0.29) is 6.04 Å². The van der Waals surface area contributed by atoms with Gasteiger partial charge in [0.2, 0.25) is 0 Å². The van der Waals surface area contributed by atoms with Crippen molar-refractivity contribution in [3.63, 3.8) is 0 Å². The Bertz CT molecular complexity index is 524. The van der Waals surface area contributed by atoms with E-state index in [1.807, 2.05) is 29.0 Å². The Labute approximate surface area is 130 Å². The van der Waals surface area contributed by atoms with Gasteiger partial charge in [-0.1, -0.05) is 19.1 Å². The van der Waals surface area contributed by atoms with Crippen molar-refractivity contribution in [1.82, 2.24) is 5.32 Å². The first-order valence-electron chi connectivity index (χ1n) is 7.19. The third-order valence-electron chi connectivity index (χ3n) is 3.95. The number of nitrogens with one attached hydrogen (secondary N) is 1. The van der Waals surface area contributed by atoms with Crippen molar-refractivity contribution in [3.05, 3.63) is 52.2 Å². The first-order valence-corrected chi connectivity index (χ1v) is 8.13. The summed E-state index contributed by atoms with van der Waals surface area (Å²) < 4.78 is 5.18. The molecule has 1 aromatic heterocycles. The van der Waals surface area contributed by atoms with Gasteiger partial charge in [-0.25, -0.2) is 0 Å². The number of aliphatic hydroxyl groups excluding tert-OH is 1. The predicted octanol–water partition coefficient (Wildman–Crippen LogP) is 3.57. The fraction of sp³-hybridized carbons (Fsp3) is 0.412. The molecule has 114 valence electrons. The van der Waals surface area contributed by atoms with Gasteiger partial charge < -0.3 is 15.2 Å². The zero-order valence-corrected chi connectivity index (χ0v) is 13.6. The predicted molar refractivity (Wildman–Crippen MR) is 88.2 cm³/mol. The molecule has 0 fully saturated rings. The van der Waals surface area contributed by atoms with E-state index >= 15 is 0 Å². The Morgan fingerprint density at radius 3 is 2.43 bits per heavy atom. The van der Waals surface area contributed by atoms with Crippen molar-refractivity contribution in [1.29, 1.82) is 0 Å². The molecule has 3 nitrogen and oxygen atoms in total. The number of thiophene rings is 1. The molecular formula is C17H23NO2S. The van der Waals surface area contributed by atoms with Crippen LogP contribution in [0, 0.1) is 0 Å². The summed E-state index contributed by atoms with van der Waals surface area (Å²) in [5, 5.41) is 17.5. The van der Waals surface area contributed by atoms with Gasteiger partial charge in [-0.2, -0.15) is 11.3 Å². The van der Waals surface area contributed by atoms with Crippen LogP contribution in [-0.4, -0.2) is 24.8 Å². The Hall–Kier alpha value is -1.36. The summed E-state index contributed by atoms with van der Waals surface area (Å²) in [5.74, 6) is 1.24. The van der Waals surface area contributed by atoms with E-state index in [9.17, 15) is 5.11 Å². The lowest BCUT2D eigenvalue weighted by atomic mass is 9.94. The molecule has 0 amide bonds. The van der Waals surface area contributed by atoms with E-state index in [1.54, 1.807) is 18.4 Å². The zero-order chi connectivity index (χ0) is 15.2. The molecule has 0 saturated carbocycles. The van der Waals surface area contributed by atoms with E-state index in [4.69, 9.17) is 4.74 Å². The summed E-state index contributed by atoms with van der Waals surface area (Å²) in [4.78, 5) is 0. The first kappa shape index (κ1) is 16.0. The molecule has 3 atom stereocenters. The van der Waals surface area contributed by atoms with Crippen molar-refractivity contribution in [2.45, 2.75) is 31.9 Å². The monoisotopic (exact) mass is 305 g/mol. The molecule has 2 rings (SSSR count). The fourth-order valence-corrected chi connectivity index (χ4v) is 2.96. The van der Waals surface area contributed by atoms with Crippen LogP contribution in [0.1, 0.15) is 37.0 Å². The van der Waals surface area contributed by atoms with Gasteiger partial charge in [0.25, 0.3) is 0 Å². The van der Waals surface area contributed by atoms with Crippen LogP contribution < -0.4 is 10.1 Å². The highest BCUT2D eigenvalue weighted by molar-refractivity contribution is 7.07. The molecule has 1 heterocycles. The first-order chi connectivity index (χ1) is 10.1. The SMILES string of the molecule is COc1ccc(C(C)C(C)NCC(O)c2ccsc2)cc1. The van der Waals surface area contributed by atoms with Gasteiger partial charge in [-0.15, -0.1) is 0 Å². The molecule has 21 heavy (non-hydrogen) atoms. The highest BCUT2D eigenvalue weighted by Gasteiger charge is 2.16. The number of rotatable bonds is 7. The average molecular weight is 305 g/mol. The maximum Gasteiger partial charge on any atom is 0.118 e. The van der Waals surface area contributed by atoms with Gasteiger partial charge in [-0.05, 0) is 52.9 Å². The Morgan fingerprint density at radius 1 is 1.14 bits per heavy atom. The second kappa shape index (κ2) is 7.59. The third-order valence-corrected chi connectivity index (χ3v) is 4.65. The normalized spacial score (nSPS) is 15.4. The van der Waals surface area contributed by atoms with Gasteiger partial charge in [0.1, 0.15) is 5.75 Å². The fourth-order valence-electron chi connectivity index (χ4n) is 2.25. The van der Waals surface area contributed by atoms with E-state index < -0.39 is 6.10 Å². The standard InChI is InChI=1S/C17H23NO2S/c1-12(14-4-6-16(20-3)7-5-14)13(2)18-10-17(19)15-8-9-21-11-15/h4-9,11-13,17-19H,10H2,1-3H3. The number of hydrogen-bond donors (Lipinski definition) is 2. The molecule has 0 aliphatic carbocycles. The minimum absolute atomic E-state index is 0.284. The second-order valence-electron chi connectivity index (χ2n) is 5.33. The summed E-state index contributed by atoms with van der Waals surface area (Å²) in [6.07, 6.45) is -0.443. The number of methoxy groups -OCH3 is 1. The minimum Gasteiger partial charge on any atom is -0.497 e. The highest BCUT2D eigenvalue weighted by Crippen LogP contribution is 2.22. The van der Waals surface area contributed by atoms with Crippen LogP contribution in [0.4, 0.5) is 0 Å². The lowest BCUT2D eigenvalue weighted by Gasteiger charge is -2.23. The van der Waals surface area contributed by atoms with Crippen molar-refractivity contribution in [3.8, 4) is 5.75 Å². The van der Waals surface area contributed by atoms with Gasteiger partial charge in [0.05, 0.1) is 13.2 Å². The van der Waals surface area contributed by atoms with Gasteiger partial charge in [-0.3, -0.25) is 0 Å². The largest absolute Gasteiger partial charge is 0.497 e.